The molecule has 6 heteroatoms. The lowest BCUT2D eigenvalue weighted by Gasteiger charge is -2.30. The molecule has 2 amide bonds. The second-order valence-corrected chi connectivity index (χ2v) is 9.40. The number of amides is 2. The van der Waals surface area contributed by atoms with Crippen molar-refractivity contribution in [2.24, 2.45) is 0 Å². The normalized spacial score (nSPS) is 11.7. The number of nitrogens with one attached hydrogen (secondary N) is 1. The Morgan fingerprint density at radius 1 is 1.03 bits per heavy atom. The zero-order valence-electron chi connectivity index (χ0n) is 19.2. The molecule has 0 saturated heterocycles. The average molecular weight is 475 g/mol. The molecule has 0 heterocycles. The van der Waals surface area contributed by atoms with Crippen LogP contribution < -0.4 is 5.32 Å². The second kappa shape index (κ2) is 15.0. The summed E-state index contributed by atoms with van der Waals surface area (Å²) in [6.07, 6.45) is 4.53. The Bertz CT molecular complexity index is 814. The van der Waals surface area contributed by atoms with E-state index in [9.17, 15) is 9.59 Å². The van der Waals surface area contributed by atoms with Gasteiger partial charge in [0.1, 0.15) is 6.04 Å². The first-order valence-corrected chi connectivity index (χ1v) is 12.9. The number of nitrogens with zero attached hydrogens (tertiary/aromatic N) is 1. The predicted molar refractivity (Wildman–Crippen MR) is 135 cm³/mol. The summed E-state index contributed by atoms with van der Waals surface area (Å²) in [6.45, 7) is 5.28. The Morgan fingerprint density at radius 3 is 2.41 bits per heavy atom. The largest absolute Gasteiger partial charge is 0.354 e. The minimum Gasteiger partial charge on any atom is -0.354 e. The van der Waals surface area contributed by atoms with Gasteiger partial charge in [0.15, 0.2) is 0 Å². The Kier molecular flexibility index (Phi) is 12.3. The summed E-state index contributed by atoms with van der Waals surface area (Å²) in [4.78, 5) is 28.9. The molecule has 0 spiro atoms. The van der Waals surface area contributed by atoms with Crippen LogP contribution in [-0.2, 0) is 16.0 Å². The van der Waals surface area contributed by atoms with E-state index in [0.29, 0.717) is 25.9 Å². The highest BCUT2D eigenvalue weighted by Gasteiger charge is 2.27. The molecular formula is C26H35ClN2O2S. The van der Waals surface area contributed by atoms with Gasteiger partial charge in [0.05, 0.1) is 0 Å². The van der Waals surface area contributed by atoms with Crippen LogP contribution in [0.4, 0.5) is 0 Å². The molecule has 0 bridgehead atoms. The molecule has 0 fully saturated rings. The Hall–Kier alpha value is -1.98. The molecule has 2 aromatic carbocycles. The molecule has 0 aliphatic rings. The van der Waals surface area contributed by atoms with Crippen LogP contribution >= 0.6 is 23.4 Å². The highest BCUT2D eigenvalue weighted by atomic mass is 35.5. The van der Waals surface area contributed by atoms with E-state index in [2.05, 4.69) is 24.4 Å². The lowest BCUT2D eigenvalue weighted by atomic mass is 10.1. The van der Waals surface area contributed by atoms with Crippen molar-refractivity contribution in [3.63, 3.8) is 0 Å². The minimum atomic E-state index is -0.424. The molecule has 4 nitrogen and oxygen atoms in total. The average Bonchev–Trinajstić information content (AvgIpc) is 2.81. The fraction of sp³-hybridized carbons (Fsp3) is 0.462. The van der Waals surface area contributed by atoms with Crippen LogP contribution in [-0.4, -0.2) is 41.6 Å². The van der Waals surface area contributed by atoms with Crippen molar-refractivity contribution in [1.29, 1.82) is 0 Å². The Balaban J connectivity index is 1.96. The molecular weight excluding hydrogens is 440 g/mol. The zero-order chi connectivity index (χ0) is 23.2. The molecule has 0 radical (unpaired) electrons. The number of carbonyl (C=O) groups is 2. The zero-order valence-corrected chi connectivity index (χ0v) is 20.8. The maximum atomic E-state index is 13.2. The standard InChI is InChI=1S/C26H35ClN2O2S/c1-3-5-18-28-26(31)24(4-2)29(19-17-21-10-7-6-8-11-21)25(30)12-9-20-32-23-15-13-22(27)14-16-23/h6-8,10-11,13-16,24H,3-5,9,12,17-20H2,1-2H3,(H,28,31)/t24-/m1/s1. The summed E-state index contributed by atoms with van der Waals surface area (Å²) in [6, 6.07) is 17.4. The van der Waals surface area contributed by atoms with Crippen LogP contribution in [0.25, 0.3) is 0 Å². The Morgan fingerprint density at radius 2 is 1.75 bits per heavy atom. The summed E-state index contributed by atoms with van der Waals surface area (Å²) >= 11 is 7.66. The van der Waals surface area contributed by atoms with Crippen molar-refractivity contribution in [1.82, 2.24) is 10.2 Å². The van der Waals surface area contributed by atoms with E-state index in [1.807, 2.05) is 49.4 Å². The van der Waals surface area contributed by atoms with E-state index in [-0.39, 0.29) is 11.8 Å². The van der Waals surface area contributed by atoms with E-state index in [1.165, 1.54) is 5.56 Å². The van der Waals surface area contributed by atoms with Gasteiger partial charge in [-0.05, 0) is 61.3 Å². The fourth-order valence-corrected chi connectivity index (χ4v) is 4.47. The van der Waals surface area contributed by atoms with Gasteiger partial charge in [0.25, 0.3) is 0 Å². The third-order valence-corrected chi connectivity index (χ3v) is 6.67. The summed E-state index contributed by atoms with van der Waals surface area (Å²) in [5, 5.41) is 3.74. The van der Waals surface area contributed by atoms with Crippen molar-refractivity contribution < 1.29 is 9.59 Å². The van der Waals surface area contributed by atoms with Crippen molar-refractivity contribution in [3.05, 3.63) is 65.2 Å². The first kappa shape index (κ1) is 26.3. The van der Waals surface area contributed by atoms with Crippen molar-refractivity contribution >= 4 is 35.2 Å². The summed E-state index contributed by atoms with van der Waals surface area (Å²) < 4.78 is 0. The number of rotatable bonds is 14. The number of hydrogen-bond donors (Lipinski definition) is 1. The number of carbonyl (C=O) groups excluding carboxylic acids is 2. The van der Waals surface area contributed by atoms with Gasteiger partial charge in [-0.3, -0.25) is 9.59 Å². The Labute approximate surface area is 202 Å². The van der Waals surface area contributed by atoms with Crippen LogP contribution in [0.1, 0.15) is 51.5 Å². The van der Waals surface area contributed by atoms with E-state index in [1.54, 1.807) is 16.7 Å². The van der Waals surface area contributed by atoms with Crippen molar-refractivity contribution in [3.8, 4) is 0 Å². The quantitative estimate of drug-likeness (QED) is 0.270. The van der Waals surface area contributed by atoms with Crippen molar-refractivity contribution in [2.75, 3.05) is 18.8 Å². The van der Waals surface area contributed by atoms with Crippen LogP contribution in [0.2, 0.25) is 5.02 Å². The number of unbranched alkanes of at least 4 members (excludes halogenated alkanes) is 1. The van der Waals surface area contributed by atoms with Crippen LogP contribution in [0, 0.1) is 0 Å². The summed E-state index contributed by atoms with van der Waals surface area (Å²) in [5.41, 5.74) is 1.17. The molecule has 2 rings (SSSR count). The van der Waals surface area contributed by atoms with Gasteiger partial charge < -0.3 is 10.2 Å². The third kappa shape index (κ3) is 9.25. The predicted octanol–water partition coefficient (Wildman–Crippen LogP) is 5.98. The molecule has 2 aromatic rings. The van der Waals surface area contributed by atoms with Gasteiger partial charge in [-0.1, -0.05) is 62.2 Å². The lowest BCUT2D eigenvalue weighted by molar-refractivity contribution is -0.140. The molecule has 0 aliphatic carbocycles. The highest BCUT2D eigenvalue weighted by molar-refractivity contribution is 7.99. The topological polar surface area (TPSA) is 49.4 Å². The van der Waals surface area contributed by atoms with Gasteiger partial charge in [-0.25, -0.2) is 0 Å². The van der Waals surface area contributed by atoms with Gasteiger partial charge in [-0.15, -0.1) is 11.8 Å². The number of benzene rings is 2. The maximum Gasteiger partial charge on any atom is 0.242 e. The summed E-state index contributed by atoms with van der Waals surface area (Å²) in [7, 11) is 0. The minimum absolute atomic E-state index is 0.0436. The second-order valence-electron chi connectivity index (χ2n) is 7.80. The molecule has 174 valence electrons. The third-order valence-electron chi connectivity index (χ3n) is 5.32. The SMILES string of the molecule is CCCCNC(=O)[C@@H](CC)N(CCc1ccccc1)C(=O)CCCSc1ccc(Cl)cc1. The van der Waals surface area contributed by atoms with Gasteiger partial charge in [0.2, 0.25) is 11.8 Å². The van der Waals surface area contributed by atoms with Gasteiger partial charge in [0, 0.05) is 29.4 Å². The number of thioether (sulfide) groups is 1. The molecule has 1 atom stereocenters. The smallest absolute Gasteiger partial charge is 0.242 e. The molecule has 0 aliphatic heterocycles. The molecule has 0 saturated carbocycles. The van der Waals surface area contributed by atoms with E-state index >= 15 is 0 Å². The molecule has 32 heavy (non-hydrogen) atoms. The highest BCUT2D eigenvalue weighted by Crippen LogP contribution is 2.22. The van der Waals surface area contributed by atoms with Crippen molar-refractivity contribution in [2.45, 2.75) is 63.3 Å². The molecule has 1 N–H and O–H groups in total. The van der Waals surface area contributed by atoms with E-state index < -0.39 is 6.04 Å². The summed E-state index contributed by atoms with van der Waals surface area (Å²) in [5.74, 6) is 0.854. The van der Waals surface area contributed by atoms with Gasteiger partial charge in [-0.2, -0.15) is 0 Å². The first-order chi connectivity index (χ1) is 15.5. The lowest BCUT2D eigenvalue weighted by Crippen LogP contribution is -2.50. The van der Waals surface area contributed by atoms with E-state index in [4.69, 9.17) is 11.6 Å². The van der Waals surface area contributed by atoms with Crippen LogP contribution in [0.5, 0.6) is 0 Å². The van der Waals surface area contributed by atoms with Crippen LogP contribution in [0.15, 0.2) is 59.5 Å². The maximum absolute atomic E-state index is 13.2. The molecule has 0 unspecified atom stereocenters. The van der Waals surface area contributed by atoms with Crippen LogP contribution in [0.3, 0.4) is 0 Å². The van der Waals surface area contributed by atoms with E-state index in [0.717, 1.165) is 41.4 Å². The number of hydrogen-bond acceptors (Lipinski definition) is 3. The molecule has 0 aromatic heterocycles. The number of halogens is 1. The monoisotopic (exact) mass is 474 g/mol. The first-order valence-electron chi connectivity index (χ1n) is 11.5. The van der Waals surface area contributed by atoms with Gasteiger partial charge >= 0.3 is 0 Å². The fourth-order valence-electron chi connectivity index (χ4n) is 3.49.